The van der Waals surface area contributed by atoms with Crippen molar-refractivity contribution in [3.05, 3.63) is 69.8 Å². The highest BCUT2D eigenvalue weighted by Gasteiger charge is 2.30. The second-order valence-electron chi connectivity index (χ2n) is 5.73. The predicted molar refractivity (Wildman–Crippen MR) is 98.0 cm³/mol. The molecule has 0 aliphatic carbocycles. The van der Waals surface area contributed by atoms with Gasteiger partial charge in [-0.05, 0) is 42.3 Å². The first-order valence-corrected chi connectivity index (χ1v) is 8.28. The largest absolute Gasteiger partial charge is 0.487 e. The minimum atomic E-state index is -4.52. The Hall–Kier alpha value is -3.36. The molecule has 1 amide bonds. The molecule has 0 heterocycles. The van der Waals surface area contributed by atoms with Gasteiger partial charge in [-0.1, -0.05) is 19.1 Å². The van der Waals surface area contributed by atoms with Gasteiger partial charge >= 0.3 is 11.9 Å². The Morgan fingerprint density at radius 3 is 2.64 bits per heavy atom. The van der Waals surface area contributed by atoms with E-state index >= 15 is 0 Å². The van der Waals surface area contributed by atoms with E-state index in [1.807, 2.05) is 6.92 Å². The first kappa shape index (κ1) is 20.9. The number of benzene rings is 2. The fourth-order valence-electron chi connectivity index (χ4n) is 2.24. The number of hydrogen-bond donors (Lipinski definition) is 1. The number of anilines is 1. The summed E-state index contributed by atoms with van der Waals surface area (Å²) in [6, 6.07) is 8.43. The number of hydrogen-bond acceptors (Lipinski definition) is 4. The van der Waals surface area contributed by atoms with Crippen LogP contribution in [0.2, 0.25) is 0 Å². The summed E-state index contributed by atoms with van der Waals surface area (Å²) in [6.45, 7) is 2.20. The molecule has 0 atom stereocenters. The zero-order chi connectivity index (χ0) is 20.7. The third kappa shape index (κ3) is 5.83. The van der Waals surface area contributed by atoms with E-state index < -0.39 is 22.6 Å². The van der Waals surface area contributed by atoms with Crippen molar-refractivity contribution >= 4 is 23.4 Å². The third-order valence-corrected chi connectivity index (χ3v) is 3.53. The Labute approximate surface area is 158 Å². The predicted octanol–water partition coefficient (Wildman–Crippen LogP) is 5.05. The van der Waals surface area contributed by atoms with Crippen molar-refractivity contribution < 1.29 is 27.6 Å². The van der Waals surface area contributed by atoms with E-state index in [0.29, 0.717) is 18.6 Å². The van der Waals surface area contributed by atoms with Gasteiger partial charge in [0, 0.05) is 17.8 Å². The average molecular weight is 394 g/mol. The topological polar surface area (TPSA) is 81.5 Å². The quantitative estimate of drug-likeness (QED) is 0.405. The minimum absolute atomic E-state index is 0.0150. The fraction of sp³-hybridized carbons (Fsp3) is 0.211. The highest BCUT2D eigenvalue weighted by molar-refractivity contribution is 6.02. The van der Waals surface area contributed by atoms with Crippen molar-refractivity contribution in [3.8, 4) is 5.75 Å². The molecule has 28 heavy (non-hydrogen) atoms. The molecule has 1 N–H and O–H groups in total. The third-order valence-electron chi connectivity index (χ3n) is 3.53. The molecule has 2 rings (SSSR count). The summed E-state index contributed by atoms with van der Waals surface area (Å²) in [5.74, 6) is -0.550. The average Bonchev–Trinajstić information content (AvgIpc) is 2.64. The lowest BCUT2D eigenvalue weighted by molar-refractivity contribution is -0.385. The van der Waals surface area contributed by atoms with E-state index in [2.05, 4.69) is 5.32 Å². The van der Waals surface area contributed by atoms with Gasteiger partial charge in [0.05, 0.1) is 17.1 Å². The molecule has 6 nitrogen and oxygen atoms in total. The van der Waals surface area contributed by atoms with E-state index in [0.717, 1.165) is 18.2 Å². The van der Waals surface area contributed by atoms with Crippen LogP contribution < -0.4 is 10.1 Å². The zero-order valence-corrected chi connectivity index (χ0v) is 14.8. The standard InChI is InChI=1S/C19H17F3N2O4/c1-2-10-28-17-8-6-13(11-16(17)24(26)27)7-9-18(25)23-15-5-3-4-14(12-15)19(20,21)22/h3-9,11-12H,2,10H2,1H3,(H,23,25)/b9-7+. The second kappa shape index (κ2) is 9.03. The molecule has 0 fully saturated rings. The number of ether oxygens (including phenoxy) is 1. The number of halogens is 3. The molecule has 0 unspecified atom stereocenters. The minimum Gasteiger partial charge on any atom is -0.487 e. The van der Waals surface area contributed by atoms with Crippen molar-refractivity contribution in [3.63, 3.8) is 0 Å². The second-order valence-corrected chi connectivity index (χ2v) is 5.73. The number of carbonyl (C=O) groups excluding carboxylic acids is 1. The number of alkyl halides is 3. The summed E-state index contributed by atoms with van der Waals surface area (Å²) in [6.07, 6.45) is -1.43. The van der Waals surface area contributed by atoms with Crippen molar-refractivity contribution in [1.82, 2.24) is 0 Å². The smallest absolute Gasteiger partial charge is 0.416 e. The molecule has 2 aromatic rings. The molecule has 0 aromatic heterocycles. The number of nitro groups is 1. The first-order valence-electron chi connectivity index (χ1n) is 8.28. The van der Waals surface area contributed by atoms with Gasteiger partial charge in [0.25, 0.3) is 0 Å². The maximum Gasteiger partial charge on any atom is 0.416 e. The Kier molecular flexibility index (Phi) is 6.75. The normalized spacial score (nSPS) is 11.4. The highest BCUT2D eigenvalue weighted by atomic mass is 19.4. The number of nitro benzene ring substituents is 1. The molecule has 0 spiro atoms. The van der Waals surface area contributed by atoms with Crippen LogP contribution in [0.4, 0.5) is 24.5 Å². The number of carbonyl (C=O) groups is 1. The molecule has 0 aliphatic heterocycles. The number of rotatable bonds is 7. The lowest BCUT2D eigenvalue weighted by Gasteiger charge is -2.08. The van der Waals surface area contributed by atoms with Gasteiger partial charge in [-0.2, -0.15) is 13.2 Å². The van der Waals surface area contributed by atoms with Crippen LogP contribution in [0.5, 0.6) is 5.75 Å². The Bertz CT molecular complexity index is 895. The molecule has 0 saturated carbocycles. The summed E-state index contributed by atoms with van der Waals surface area (Å²) in [5, 5.41) is 13.5. The lowest BCUT2D eigenvalue weighted by Crippen LogP contribution is -2.10. The highest BCUT2D eigenvalue weighted by Crippen LogP contribution is 2.31. The number of amides is 1. The van der Waals surface area contributed by atoms with Gasteiger partial charge < -0.3 is 10.1 Å². The van der Waals surface area contributed by atoms with Crippen LogP contribution in [-0.2, 0) is 11.0 Å². The molecule has 0 bridgehead atoms. The molecule has 9 heteroatoms. The maximum absolute atomic E-state index is 12.7. The molecule has 0 saturated heterocycles. The van der Waals surface area contributed by atoms with Gasteiger partial charge in [-0.25, -0.2) is 0 Å². The van der Waals surface area contributed by atoms with E-state index in [4.69, 9.17) is 4.74 Å². The van der Waals surface area contributed by atoms with Crippen LogP contribution in [0.3, 0.4) is 0 Å². The van der Waals surface area contributed by atoms with E-state index in [9.17, 15) is 28.1 Å². The zero-order valence-electron chi connectivity index (χ0n) is 14.8. The van der Waals surface area contributed by atoms with Crippen LogP contribution in [0.25, 0.3) is 6.08 Å². The summed E-state index contributed by atoms with van der Waals surface area (Å²) < 4.78 is 43.4. The summed E-state index contributed by atoms with van der Waals surface area (Å²) in [5.41, 5.74) is -0.769. The van der Waals surface area contributed by atoms with Crippen molar-refractivity contribution in [2.45, 2.75) is 19.5 Å². The number of nitrogens with zero attached hydrogens (tertiary/aromatic N) is 1. The van der Waals surface area contributed by atoms with Crippen LogP contribution >= 0.6 is 0 Å². The van der Waals surface area contributed by atoms with Gasteiger partial charge in [0.1, 0.15) is 0 Å². The van der Waals surface area contributed by atoms with Gasteiger partial charge in [-0.15, -0.1) is 0 Å². The van der Waals surface area contributed by atoms with Crippen LogP contribution in [0.1, 0.15) is 24.5 Å². The molecule has 148 valence electrons. The molecule has 0 radical (unpaired) electrons. The molecular weight excluding hydrogens is 377 g/mol. The monoisotopic (exact) mass is 394 g/mol. The van der Waals surface area contributed by atoms with E-state index in [1.165, 1.54) is 36.4 Å². The van der Waals surface area contributed by atoms with Crippen LogP contribution in [0, 0.1) is 10.1 Å². The summed E-state index contributed by atoms with van der Waals surface area (Å²) >= 11 is 0. The number of nitrogens with one attached hydrogen (secondary N) is 1. The van der Waals surface area contributed by atoms with Gasteiger partial charge in [0.2, 0.25) is 5.91 Å². The molecule has 0 aliphatic rings. The fourth-order valence-corrected chi connectivity index (χ4v) is 2.24. The Balaban J connectivity index is 2.12. The van der Waals surface area contributed by atoms with Crippen molar-refractivity contribution in [2.75, 3.05) is 11.9 Å². The SMILES string of the molecule is CCCOc1ccc(/C=C/C(=O)Nc2cccc(C(F)(F)F)c2)cc1[N+](=O)[O-]. The van der Waals surface area contributed by atoms with Gasteiger partial charge in [-0.3, -0.25) is 14.9 Å². The molecular formula is C19H17F3N2O4. The Morgan fingerprint density at radius 2 is 2.00 bits per heavy atom. The van der Waals surface area contributed by atoms with Crippen LogP contribution in [-0.4, -0.2) is 17.4 Å². The van der Waals surface area contributed by atoms with E-state index in [1.54, 1.807) is 0 Å². The summed E-state index contributed by atoms with van der Waals surface area (Å²) in [4.78, 5) is 22.5. The van der Waals surface area contributed by atoms with Gasteiger partial charge in [0.15, 0.2) is 5.75 Å². The molecule has 2 aromatic carbocycles. The van der Waals surface area contributed by atoms with Crippen LogP contribution in [0.15, 0.2) is 48.5 Å². The maximum atomic E-state index is 12.7. The Morgan fingerprint density at radius 1 is 1.25 bits per heavy atom. The van der Waals surface area contributed by atoms with E-state index in [-0.39, 0.29) is 17.1 Å². The van der Waals surface area contributed by atoms with Crippen molar-refractivity contribution in [1.29, 1.82) is 0 Å². The first-order chi connectivity index (χ1) is 13.2. The summed E-state index contributed by atoms with van der Waals surface area (Å²) in [7, 11) is 0. The lowest BCUT2D eigenvalue weighted by atomic mass is 10.1. The van der Waals surface area contributed by atoms with Crippen molar-refractivity contribution in [2.24, 2.45) is 0 Å².